The minimum Gasteiger partial charge on any atom is -0.481 e. The standard InChI is InChI=1S/C16H26O3Si/c1-16(2,3)20(4,19-12-10-15(17)18)13-11-14-8-6-5-7-9-14/h5-9H,10-13H2,1-4H3,(H,17,18). The lowest BCUT2D eigenvalue weighted by molar-refractivity contribution is -0.137. The van der Waals surface area contributed by atoms with Crippen molar-refractivity contribution in [2.24, 2.45) is 0 Å². The van der Waals surface area contributed by atoms with Gasteiger partial charge >= 0.3 is 5.97 Å². The molecule has 0 spiro atoms. The van der Waals surface area contributed by atoms with Gasteiger partial charge in [0.05, 0.1) is 6.42 Å². The van der Waals surface area contributed by atoms with Crippen LogP contribution >= 0.6 is 0 Å². The van der Waals surface area contributed by atoms with E-state index in [-0.39, 0.29) is 11.5 Å². The summed E-state index contributed by atoms with van der Waals surface area (Å²) < 4.78 is 6.08. The van der Waals surface area contributed by atoms with Crippen molar-refractivity contribution in [1.82, 2.24) is 0 Å². The maximum Gasteiger partial charge on any atom is 0.305 e. The SMILES string of the molecule is CC(C)(C)[Si](C)(CCc1ccccc1)OCCC(=O)O. The molecule has 1 unspecified atom stereocenters. The molecule has 1 aromatic carbocycles. The van der Waals surface area contributed by atoms with Crippen LogP contribution in [0.4, 0.5) is 0 Å². The van der Waals surface area contributed by atoms with Crippen LogP contribution in [0.2, 0.25) is 17.6 Å². The van der Waals surface area contributed by atoms with Crippen LogP contribution in [-0.4, -0.2) is 26.0 Å². The van der Waals surface area contributed by atoms with E-state index in [4.69, 9.17) is 9.53 Å². The van der Waals surface area contributed by atoms with E-state index < -0.39 is 14.3 Å². The van der Waals surface area contributed by atoms with E-state index in [0.717, 1.165) is 12.5 Å². The summed E-state index contributed by atoms with van der Waals surface area (Å²) in [5.41, 5.74) is 1.32. The molecule has 1 aromatic rings. The Balaban J connectivity index is 2.66. The third-order valence-electron chi connectivity index (χ3n) is 4.06. The van der Waals surface area contributed by atoms with Crippen molar-refractivity contribution in [1.29, 1.82) is 0 Å². The zero-order valence-electron chi connectivity index (χ0n) is 13.0. The normalized spacial score (nSPS) is 14.8. The highest BCUT2D eigenvalue weighted by atomic mass is 28.4. The maximum absolute atomic E-state index is 10.6. The van der Waals surface area contributed by atoms with Gasteiger partial charge in [0.2, 0.25) is 0 Å². The van der Waals surface area contributed by atoms with Crippen LogP contribution in [0.5, 0.6) is 0 Å². The quantitative estimate of drug-likeness (QED) is 0.770. The van der Waals surface area contributed by atoms with Gasteiger partial charge in [0.15, 0.2) is 8.32 Å². The van der Waals surface area contributed by atoms with Crippen molar-refractivity contribution < 1.29 is 14.3 Å². The summed E-state index contributed by atoms with van der Waals surface area (Å²) in [4.78, 5) is 10.6. The number of aliphatic carboxylic acids is 1. The predicted octanol–water partition coefficient (Wildman–Crippen LogP) is 4.10. The van der Waals surface area contributed by atoms with Crippen LogP contribution < -0.4 is 0 Å². The van der Waals surface area contributed by atoms with Crippen LogP contribution in [0.25, 0.3) is 0 Å². The fraction of sp³-hybridized carbons (Fsp3) is 0.562. The molecule has 0 bridgehead atoms. The topological polar surface area (TPSA) is 46.5 Å². The summed E-state index contributed by atoms with van der Waals surface area (Å²) in [6.07, 6.45) is 1.08. The van der Waals surface area contributed by atoms with E-state index >= 15 is 0 Å². The van der Waals surface area contributed by atoms with E-state index in [1.54, 1.807) is 0 Å². The Hall–Kier alpha value is -1.13. The number of carboxylic acid groups (broad SMARTS) is 1. The lowest BCUT2D eigenvalue weighted by Crippen LogP contribution is -2.45. The van der Waals surface area contributed by atoms with Crippen molar-refractivity contribution in [3.8, 4) is 0 Å². The van der Waals surface area contributed by atoms with Gasteiger partial charge in [-0.1, -0.05) is 51.1 Å². The molecule has 0 aliphatic heterocycles. The lowest BCUT2D eigenvalue weighted by atomic mass is 10.2. The Morgan fingerprint density at radius 3 is 2.35 bits per heavy atom. The number of hydrogen-bond acceptors (Lipinski definition) is 2. The molecule has 20 heavy (non-hydrogen) atoms. The third kappa shape index (κ3) is 5.10. The van der Waals surface area contributed by atoms with Gasteiger partial charge in [-0.2, -0.15) is 0 Å². The molecule has 0 aliphatic rings. The van der Waals surface area contributed by atoms with Crippen molar-refractivity contribution in [3.05, 3.63) is 35.9 Å². The fourth-order valence-corrected chi connectivity index (χ4v) is 4.70. The molecule has 1 N–H and O–H groups in total. The van der Waals surface area contributed by atoms with Crippen LogP contribution in [0.1, 0.15) is 32.8 Å². The molecule has 0 radical (unpaired) electrons. The summed E-state index contributed by atoms with van der Waals surface area (Å²) in [7, 11) is -1.96. The second kappa shape index (κ2) is 7.04. The summed E-state index contributed by atoms with van der Waals surface area (Å²) in [5.74, 6) is -0.793. The van der Waals surface area contributed by atoms with Gasteiger partial charge in [0.25, 0.3) is 0 Å². The number of hydrogen-bond donors (Lipinski definition) is 1. The van der Waals surface area contributed by atoms with Crippen molar-refractivity contribution in [2.75, 3.05) is 6.61 Å². The molecule has 112 valence electrons. The van der Waals surface area contributed by atoms with E-state index in [0.29, 0.717) is 6.61 Å². The predicted molar refractivity (Wildman–Crippen MR) is 84.5 cm³/mol. The zero-order valence-corrected chi connectivity index (χ0v) is 14.0. The van der Waals surface area contributed by atoms with E-state index in [1.165, 1.54) is 5.56 Å². The monoisotopic (exact) mass is 294 g/mol. The highest BCUT2D eigenvalue weighted by Crippen LogP contribution is 2.40. The minimum atomic E-state index is -1.96. The molecule has 0 amide bonds. The van der Waals surface area contributed by atoms with Gasteiger partial charge in [-0.3, -0.25) is 4.79 Å². The van der Waals surface area contributed by atoms with Crippen LogP contribution in [0.3, 0.4) is 0 Å². The van der Waals surface area contributed by atoms with Gasteiger partial charge in [0.1, 0.15) is 0 Å². The molecule has 0 saturated heterocycles. The van der Waals surface area contributed by atoms with Crippen LogP contribution in [0, 0.1) is 0 Å². The average Bonchev–Trinajstić information content (AvgIpc) is 2.36. The second-order valence-corrected chi connectivity index (χ2v) is 11.2. The van der Waals surface area contributed by atoms with Crippen LogP contribution in [-0.2, 0) is 15.6 Å². The smallest absolute Gasteiger partial charge is 0.305 e. The van der Waals surface area contributed by atoms with E-state index in [2.05, 4.69) is 51.6 Å². The molecule has 0 heterocycles. The second-order valence-electron chi connectivity index (χ2n) is 6.46. The summed E-state index contributed by atoms with van der Waals surface area (Å²) in [6, 6.07) is 11.4. The van der Waals surface area contributed by atoms with Gasteiger partial charge in [-0.15, -0.1) is 0 Å². The Morgan fingerprint density at radius 2 is 1.85 bits per heavy atom. The Morgan fingerprint density at radius 1 is 1.25 bits per heavy atom. The Kier molecular flexibility index (Phi) is 5.96. The number of benzene rings is 1. The first-order chi connectivity index (χ1) is 9.24. The average molecular weight is 294 g/mol. The number of carboxylic acids is 1. The zero-order chi connectivity index (χ0) is 15.2. The molecule has 0 fully saturated rings. The molecule has 3 nitrogen and oxygen atoms in total. The molecule has 1 rings (SSSR count). The first kappa shape index (κ1) is 16.9. The van der Waals surface area contributed by atoms with Crippen molar-refractivity contribution in [3.63, 3.8) is 0 Å². The van der Waals surface area contributed by atoms with Crippen LogP contribution in [0.15, 0.2) is 30.3 Å². The number of aryl methyl sites for hydroxylation is 1. The maximum atomic E-state index is 10.6. The van der Waals surface area contributed by atoms with Gasteiger partial charge in [0, 0.05) is 6.61 Å². The Labute approximate surface area is 123 Å². The fourth-order valence-electron chi connectivity index (χ4n) is 2.05. The number of carbonyl (C=O) groups is 1. The van der Waals surface area contributed by atoms with Crippen molar-refractivity contribution in [2.45, 2.75) is 51.2 Å². The third-order valence-corrected chi connectivity index (χ3v) is 9.28. The lowest BCUT2D eigenvalue weighted by Gasteiger charge is -2.39. The molecule has 4 heteroatoms. The van der Waals surface area contributed by atoms with Crippen molar-refractivity contribution >= 4 is 14.3 Å². The van der Waals surface area contributed by atoms with E-state index in [1.807, 2.05) is 6.07 Å². The highest BCUT2D eigenvalue weighted by Gasteiger charge is 2.41. The summed E-state index contributed by atoms with van der Waals surface area (Å²) in [6.45, 7) is 9.14. The largest absolute Gasteiger partial charge is 0.481 e. The van der Waals surface area contributed by atoms with Gasteiger partial charge in [-0.25, -0.2) is 0 Å². The summed E-state index contributed by atoms with van der Waals surface area (Å²) in [5, 5.41) is 8.85. The minimum absolute atomic E-state index is 0.0873. The number of rotatable bonds is 7. The molecule has 0 aromatic heterocycles. The highest BCUT2D eigenvalue weighted by molar-refractivity contribution is 6.75. The molecular weight excluding hydrogens is 268 g/mol. The first-order valence-corrected chi connectivity index (χ1v) is 9.76. The Bertz CT molecular complexity index is 425. The molecule has 1 atom stereocenters. The van der Waals surface area contributed by atoms with E-state index in [9.17, 15) is 4.79 Å². The van der Waals surface area contributed by atoms with Gasteiger partial charge < -0.3 is 9.53 Å². The summed E-state index contributed by atoms with van der Waals surface area (Å²) >= 11 is 0. The molecule has 0 aliphatic carbocycles. The van der Waals surface area contributed by atoms with Gasteiger partial charge in [-0.05, 0) is 29.6 Å². The molecule has 0 saturated carbocycles. The first-order valence-electron chi connectivity index (χ1n) is 7.14. The molecular formula is C16H26O3Si.